The topological polar surface area (TPSA) is 38.0 Å². The van der Waals surface area contributed by atoms with Crippen molar-refractivity contribution in [2.75, 3.05) is 6.54 Å². The van der Waals surface area contributed by atoms with E-state index < -0.39 is 0 Å². The van der Waals surface area contributed by atoms with Crippen LogP contribution in [0.25, 0.3) is 0 Å². The molecule has 0 aromatic rings. The first-order chi connectivity index (χ1) is 8.16. The molecule has 0 aliphatic carbocycles. The molecule has 2 nitrogen and oxygen atoms in total. The molecule has 0 fully saturated rings. The summed E-state index contributed by atoms with van der Waals surface area (Å²) in [6.45, 7) is 3.20. The summed E-state index contributed by atoms with van der Waals surface area (Å²) < 4.78 is 1.20. The fourth-order valence-electron chi connectivity index (χ4n) is 1.38. The van der Waals surface area contributed by atoms with E-state index in [4.69, 9.17) is 30.2 Å². The zero-order valence-corrected chi connectivity index (χ0v) is 13.6. The monoisotopic (exact) mass is 310 g/mol. The number of nitrogens with one attached hydrogen (secondary N) is 1. The molecule has 0 unspecified atom stereocenters. The average Bonchev–Trinajstić information content (AvgIpc) is 2.30. The van der Waals surface area contributed by atoms with Crippen molar-refractivity contribution >= 4 is 54.7 Å². The molecule has 3 N–H and O–H groups in total. The van der Waals surface area contributed by atoms with E-state index >= 15 is 0 Å². The summed E-state index contributed by atoms with van der Waals surface area (Å²) in [5.41, 5.74) is 5.36. The van der Waals surface area contributed by atoms with Crippen molar-refractivity contribution in [3.63, 3.8) is 0 Å². The van der Waals surface area contributed by atoms with E-state index in [2.05, 4.69) is 12.2 Å². The zero-order chi connectivity index (χ0) is 12.9. The second kappa shape index (κ2) is 12.9. The van der Waals surface area contributed by atoms with Crippen molar-refractivity contribution < 1.29 is 0 Å². The molecule has 6 heteroatoms. The summed E-state index contributed by atoms with van der Waals surface area (Å²) >= 11 is 9.87. The van der Waals surface area contributed by atoms with Crippen molar-refractivity contribution in [1.82, 2.24) is 5.32 Å². The maximum atomic E-state index is 5.36. The molecule has 0 aliphatic rings. The van der Waals surface area contributed by atoms with Gasteiger partial charge in [0.2, 0.25) is 0 Å². The Morgan fingerprint density at radius 3 is 2.18 bits per heavy atom. The van der Waals surface area contributed by atoms with Crippen molar-refractivity contribution in [2.24, 2.45) is 5.73 Å². The van der Waals surface area contributed by atoms with Gasteiger partial charge in [-0.1, -0.05) is 69.9 Å². The van der Waals surface area contributed by atoms with Crippen LogP contribution in [0.4, 0.5) is 0 Å². The van der Waals surface area contributed by atoms with Gasteiger partial charge in [0.1, 0.15) is 8.64 Å². The quantitative estimate of drug-likeness (QED) is 0.397. The second-order valence-electron chi connectivity index (χ2n) is 3.82. The predicted octanol–water partition coefficient (Wildman–Crippen LogP) is 4.24. The number of unbranched alkanes of at least 4 members (excludes halogenated alkanes) is 6. The van der Waals surface area contributed by atoms with Gasteiger partial charge in [-0.25, -0.2) is 0 Å². The largest absolute Gasteiger partial charge is 0.384 e. The average molecular weight is 311 g/mol. The Kier molecular flexibility index (Phi) is 13.3. The summed E-state index contributed by atoms with van der Waals surface area (Å²) in [6.07, 6.45) is 9.23. The number of hydrogen-bond acceptors (Lipinski definition) is 4. The van der Waals surface area contributed by atoms with Gasteiger partial charge >= 0.3 is 0 Å². The molecular formula is C11H22N2S4. The molecule has 100 valence electrons. The van der Waals surface area contributed by atoms with E-state index in [1.807, 2.05) is 0 Å². The summed E-state index contributed by atoms with van der Waals surface area (Å²) in [7, 11) is 2.77. The Morgan fingerprint density at radius 1 is 1.00 bits per heavy atom. The van der Waals surface area contributed by atoms with Crippen LogP contribution in [0.15, 0.2) is 0 Å². The fourth-order valence-corrected chi connectivity index (χ4v) is 3.06. The first-order valence-corrected chi connectivity index (χ1v) is 9.05. The van der Waals surface area contributed by atoms with Crippen LogP contribution in [0.1, 0.15) is 51.9 Å². The molecule has 0 amide bonds. The van der Waals surface area contributed by atoms with E-state index in [9.17, 15) is 0 Å². The lowest BCUT2D eigenvalue weighted by molar-refractivity contribution is 0.587. The first kappa shape index (κ1) is 17.5. The minimum atomic E-state index is 0.426. The van der Waals surface area contributed by atoms with Gasteiger partial charge in [-0.15, -0.1) is 0 Å². The summed E-state index contributed by atoms with van der Waals surface area (Å²) in [5.74, 6) is 0. The molecule has 0 bridgehead atoms. The van der Waals surface area contributed by atoms with Gasteiger partial charge in [0.05, 0.1) is 0 Å². The Bertz CT molecular complexity index is 222. The predicted molar refractivity (Wildman–Crippen MR) is 90.6 cm³/mol. The van der Waals surface area contributed by atoms with E-state index in [-0.39, 0.29) is 0 Å². The third kappa shape index (κ3) is 14.4. The fraction of sp³-hybridized carbons (Fsp3) is 0.818. The lowest BCUT2D eigenvalue weighted by Gasteiger charge is -2.06. The molecule has 0 radical (unpaired) electrons. The molecule has 0 aliphatic heterocycles. The van der Waals surface area contributed by atoms with Crippen LogP contribution in [-0.4, -0.2) is 15.2 Å². The van der Waals surface area contributed by atoms with Crippen molar-refractivity contribution in [3.8, 4) is 0 Å². The molecule has 0 rings (SSSR count). The van der Waals surface area contributed by atoms with Crippen LogP contribution >= 0.6 is 46.0 Å². The van der Waals surface area contributed by atoms with Gasteiger partial charge in [0.25, 0.3) is 0 Å². The standard InChI is InChI=1S/C11H22N2S4/c1-2-3-4-5-6-7-8-9-13-11(15)17-16-10(12)14/h2-9H2,1H3,(H2,12,14)(H,13,15). The third-order valence-electron chi connectivity index (χ3n) is 2.25. The van der Waals surface area contributed by atoms with Crippen LogP contribution < -0.4 is 11.1 Å². The smallest absolute Gasteiger partial charge is 0.144 e. The van der Waals surface area contributed by atoms with Gasteiger partial charge in [-0.2, -0.15) is 0 Å². The first-order valence-electron chi connectivity index (χ1n) is 6.08. The third-order valence-corrected chi connectivity index (χ3v) is 5.36. The highest BCUT2D eigenvalue weighted by Crippen LogP contribution is 2.21. The Balaban J connectivity index is 3.16. The number of hydrogen-bond donors (Lipinski definition) is 2. The van der Waals surface area contributed by atoms with Crippen LogP contribution in [0.3, 0.4) is 0 Å². The summed E-state index contributed by atoms with van der Waals surface area (Å²) in [6, 6.07) is 0. The van der Waals surface area contributed by atoms with Crippen LogP contribution in [-0.2, 0) is 0 Å². The summed E-state index contributed by atoms with van der Waals surface area (Å²) in [5, 5.41) is 3.20. The highest BCUT2D eigenvalue weighted by atomic mass is 33.1. The van der Waals surface area contributed by atoms with Crippen LogP contribution in [0.2, 0.25) is 0 Å². The molecule has 0 spiro atoms. The molecule has 0 saturated heterocycles. The molecule has 0 atom stereocenters. The zero-order valence-electron chi connectivity index (χ0n) is 10.4. The van der Waals surface area contributed by atoms with E-state index in [0.717, 1.165) is 10.9 Å². The second-order valence-corrected chi connectivity index (χ2v) is 7.37. The Labute approximate surface area is 124 Å². The van der Waals surface area contributed by atoms with Gasteiger partial charge in [0.15, 0.2) is 0 Å². The van der Waals surface area contributed by atoms with Crippen molar-refractivity contribution in [3.05, 3.63) is 0 Å². The number of nitrogens with two attached hydrogens (primary N) is 1. The van der Waals surface area contributed by atoms with Crippen molar-refractivity contribution in [2.45, 2.75) is 51.9 Å². The van der Waals surface area contributed by atoms with Crippen LogP contribution in [0, 0.1) is 0 Å². The van der Waals surface area contributed by atoms with Crippen LogP contribution in [0.5, 0.6) is 0 Å². The van der Waals surface area contributed by atoms with Gasteiger partial charge in [-0.05, 0) is 28.0 Å². The molecule has 0 heterocycles. The number of rotatable bonds is 8. The Hall–Kier alpha value is 0.480. The molecule has 0 aromatic heterocycles. The maximum absolute atomic E-state index is 5.36. The molecule has 0 saturated carbocycles. The number of thiocarbonyl (C=S) groups is 2. The highest BCUT2D eigenvalue weighted by Gasteiger charge is 1.98. The maximum Gasteiger partial charge on any atom is 0.144 e. The van der Waals surface area contributed by atoms with Gasteiger partial charge < -0.3 is 11.1 Å². The summed E-state index contributed by atoms with van der Waals surface area (Å²) in [4.78, 5) is 0. The van der Waals surface area contributed by atoms with Crippen molar-refractivity contribution in [1.29, 1.82) is 0 Å². The van der Waals surface area contributed by atoms with Gasteiger partial charge in [0, 0.05) is 6.54 Å². The van der Waals surface area contributed by atoms with E-state index in [1.165, 1.54) is 66.5 Å². The minimum Gasteiger partial charge on any atom is -0.384 e. The van der Waals surface area contributed by atoms with E-state index in [0.29, 0.717) is 4.32 Å². The molecular weight excluding hydrogens is 288 g/mol. The highest BCUT2D eigenvalue weighted by molar-refractivity contribution is 8.89. The lowest BCUT2D eigenvalue weighted by Crippen LogP contribution is -2.19. The normalized spacial score (nSPS) is 10.2. The molecule has 0 aromatic carbocycles. The lowest BCUT2D eigenvalue weighted by atomic mass is 10.1. The Morgan fingerprint density at radius 2 is 1.59 bits per heavy atom. The van der Waals surface area contributed by atoms with E-state index in [1.54, 1.807) is 0 Å². The SMILES string of the molecule is CCCCCCCCCNC(=S)SSC(N)=S. The minimum absolute atomic E-state index is 0.426. The molecule has 17 heavy (non-hydrogen) atoms. The van der Waals surface area contributed by atoms with Gasteiger partial charge in [-0.3, -0.25) is 0 Å².